The van der Waals surface area contributed by atoms with Crippen LogP contribution in [0.3, 0.4) is 0 Å². The molecule has 2 heterocycles. The maximum absolute atomic E-state index is 13.1. The summed E-state index contributed by atoms with van der Waals surface area (Å²) in [7, 11) is -5.02. The van der Waals surface area contributed by atoms with Gasteiger partial charge in [-0.15, -0.1) is 15.6 Å². The molecule has 3 rings (SSSR count). The van der Waals surface area contributed by atoms with Gasteiger partial charge in [0.2, 0.25) is 0 Å². The van der Waals surface area contributed by atoms with E-state index in [2.05, 4.69) is 25.1 Å². The van der Waals surface area contributed by atoms with Gasteiger partial charge in [-0.1, -0.05) is 5.16 Å². The molecule has 44 heavy (non-hydrogen) atoms. The topological polar surface area (TPSA) is 308 Å². The van der Waals surface area contributed by atoms with Crippen LogP contribution in [0.1, 0.15) is 25.1 Å². The summed E-state index contributed by atoms with van der Waals surface area (Å²) in [5.41, 5.74) is 15.2. The highest BCUT2D eigenvalue weighted by molar-refractivity contribution is 7.80. The number of amides is 2. The minimum Gasteiger partial charge on any atom is -0.489 e. The minimum absolute atomic E-state index is 0.0414. The normalized spacial score (nSPS) is 17.0. The summed E-state index contributed by atoms with van der Waals surface area (Å²) >= 11 is 0.940. The molecule has 19 nitrogen and oxygen atoms in total. The van der Waals surface area contributed by atoms with Gasteiger partial charge >= 0.3 is 16.4 Å². The van der Waals surface area contributed by atoms with Crippen LogP contribution >= 0.6 is 11.3 Å². The van der Waals surface area contributed by atoms with Crippen molar-refractivity contribution in [3.63, 3.8) is 0 Å². The van der Waals surface area contributed by atoms with Crippen LogP contribution in [0.25, 0.3) is 0 Å². The lowest BCUT2D eigenvalue weighted by atomic mass is 9.84. The number of nitrogens with two attached hydrogens (primary N) is 3. The van der Waals surface area contributed by atoms with Crippen molar-refractivity contribution in [3.8, 4) is 5.75 Å². The number of nitrogens with one attached hydrogen (secondary N) is 3. The van der Waals surface area contributed by atoms with Gasteiger partial charge in [-0.25, -0.2) is 9.78 Å². The number of β-lactam (4-membered cyclic amide) rings is 1. The molecule has 1 fully saturated rings. The molecule has 2 atom stereocenters. The third-order valence-electron chi connectivity index (χ3n) is 6.11. The Morgan fingerprint density at radius 2 is 1.89 bits per heavy atom. The number of hydrogen-bond donors (Lipinski definition) is 8. The zero-order valence-electron chi connectivity index (χ0n) is 23.3. The van der Waals surface area contributed by atoms with Crippen LogP contribution in [0, 0.1) is 5.41 Å². The summed E-state index contributed by atoms with van der Waals surface area (Å²) in [5.74, 6) is -3.22. The van der Waals surface area contributed by atoms with Gasteiger partial charge in [-0.3, -0.25) is 19.6 Å². The van der Waals surface area contributed by atoms with Gasteiger partial charge in [0, 0.05) is 24.0 Å². The van der Waals surface area contributed by atoms with E-state index in [1.165, 1.54) is 31.4 Å². The van der Waals surface area contributed by atoms with Gasteiger partial charge in [0.25, 0.3) is 17.9 Å². The van der Waals surface area contributed by atoms with E-state index >= 15 is 0 Å². The van der Waals surface area contributed by atoms with Crippen LogP contribution in [0.2, 0.25) is 0 Å². The second-order valence-corrected chi connectivity index (χ2v) is 11.6. The number of thiazole rings is 1. The molecule has 240 valence electrons. The predicted molar refractivity (Wildman–Crippen MR) is 155 cm³/mol. The molecule has 1 aliphatic rings. The second kappa shape index (κ2) is 13.9. The fourth-order valence-electron chi connectivity index (χ4n) is 3.67. The van der Waals surface area contributed by atoms with E-state index in [1.807, 2.05) is 0 Å². The molecule has 1 aromatic heterocycles. The molecule has 0 unspecified atom stereocenters. The number of aliphatic carboxylic acids is 1. The molecule has 0 saturated carbocycles. The monoisotopic (exact) mass is 657 g/mol. The third kappa shape index (κ3) is 8.36. The average molecular weight is 658 g/mol. The Kier molecular flexibility index (Phi) is 10.8. The summed E-state index contributed by atoms with van der Waals surface area (Å²) in [6.45, 7) is 2.61. The third-order valence-corrected chi connectivity index (χ3v) is 7.12. The number of benzene rings is 1. The Bertz CT molecular complexity index is 1520. The lowest BCUT2D eigenvalue weighted by molar-refractivity contribution is -0.218. The minimum atomic E-state index is -5.02. The number of ether oxygens (including phenoxy) is 1. The highest BCUT2D eigenvalue weighted by atomic mass is 32.3. The Hall–Kier alpha value is -4.41. The van der Waals surface area contributed by atoms with Crippen LogP contribution in [-0.4, -0.2) is 101 Å². The molecule has 0 radical (unpaired) electrons. The Morgan fingerprint density at radius 1 is 1.25 bits per heavy atom. The first-order chi connectivity index (χ1) is 20.6. The number of nitrogen functional groups attached to an aromatic ring is 1. The van der Waals surface area contributed by atoms with Crippen molar-refractivity contribution in [1.82, 2.24) is 20.7 Å². The van der Waals surface area contributed by atoms with E-state index in [4.69, 9.17) is 36.7 Å². The van der Waals surface area contributed by atoms with Crippen molar-refractivity contribution < 1.29 is 46.3 Å². The highest BCUT2D eigenvalue weighted by Gasteiger charge is 2.58. The Labute approximate surface area is 254 Å². The zero-order valence-corrected chi connectivity index (χ0v) is 24.9. The number of carboxylic acids is 1. The average Bonchev–Trinajstić information content (AvgIpc) is 3.39. The molecule has 0 aliphatic carbocycles. The smallest absolute Gasteiger partial charge is 0.418 e. The van der Waals surface area contributed by atoms with Gasteiger partial charge in [-0.05, 0) is 38.1 Å². The standard InChI is InChI=1S/C23H31N9O10S2/c1-23(2)17(20(34)32(23)42-44(37,38)39)30-19(33)16(14-10-43-22(27)29-14)31-41-15(21(35)36)9-40-13-5-3-11(4-6-13)18(26)28-12(7-24)8-25/h3-6,10,12,15,17H,7-9,24-25H2,1-2H3,(H2,26,28)(H2,27,29)(H,30,33)(H,35,36)(H,37,38,39)/t15-,17-/m1/s1. The van der Waals surface area contributed by atoms with Gasteiger partial charge in [0.1, 0.15) is 29.9 Å². The molecule has 0 spiro atoms. The molecule has 21 heteroatoms. The molecule has 2 amide bonds. The molecular weight excluding hydrogens is 626 g/mol. The summed E-state index contributed by atoms with van der Waals surface area (Å²) < 4.78 is 40.8. The number of carbonyl (C=O) groups is 3. The zero-order chi connectivity index (χ0) is 32.8. The van der Waals surface area contributed by atoms with Crippen LogP contribution < -0.4 is 32.6 Å². The van der Waals surface area contributed by atoms with E-state index in [0.29, 0.717) is 10.6 Å². The lowest BCUT2D eigenvalue weighted by Crippen LogP contribution is -2.76. The van der Waals surface area contributed by atoms with Crippen LogP contribution in [0.15, 0.2) is 34.8 Å². The first-order valence-corrected chi connectivity index (χ1v) is 14.8. The number of rotatable bonds is 15. The maximum atomic E-state index is 13.1. The molecule has 1 aromatic carbocycles. The predicted octanol–water partition coefficient (Wildman–Crippen LogP) is -1.98. The Balaban J connectivity index is 1.71. The number of hydroxylamine groups is 2. The van der Waals surface area contributed by atoms with Gasteiger partial charge in [0.05, 0.1) is 11.6 Å². The SMILES string of the molecule is CC1(C)[C@H](NC(=O)C(=NO[C@H](COc2ccc(C(=N)NC(CN)CN)cc2)C(=O)O)c2csc(N)n2)C(=O)N1OS(=O)(=O)O. The van der Waals surface area contributed by atoms with Crippen LogP contribution in [0.4, 0.5) is 5.13 Å². The Morgan fingerprint density at radius 3 is 2.39 bits per heavy atom. The molecule has 2 aromatic rings. The number of carboxylic acid groups (broad SMARTS) is 1. The van der Waals surface area contributed by atoms with Gasteiger partial charge in [-0.2, -0.15) is 13.5 Å². The van der Waals surface area contributed by atoms with Crippen molar-refractivity contribution in [2.45, 2.75) is 37.6 Å². The number of nitrogens with zero attached hydrogens (tertiary/aromatic N) is 3. The second-order valence-electron chi connectivity index (χ2n) is 9.66. The summed E-state index contributed by atoms with van der Waals surface area (Å²) in [6.07, 6.45) is -1.72. The molecular formula is C23H31N9O10S2. The number of carbonyl (C=O) groups excluding carboxylic acids is 2. The maximum Gasteiger partial charge on any atom is 0.418 e. The summed E-state index contributed by atoms with van der Waals surface area (Å²) in [6, 6.07) is 4.49. The van der Waals surface area contributed by atoms with E-state index < -0.39 is 58.2 Å². The first kappa shape index (κ1) is 34.1. The first-order valence-electron chi connectivity index (χ1n) is 12.6. The van der Waals surface area contributed by atoms with Gasteiger partial charge < -0.3 is 42.5 Å². The number of hydrogen-bond acceptors (Lipinski definition) is 15. The van der Waals surface area contributed by atoms with Crippen molar-refractivity contribution in [2.75, 3.05) is 25.4 Å². The van der Waals surface area contributed by atoms with Gasteiger partial charge in [0.15, 0.2) is 10.8 Å². The number of amidine groups is 1. The van der Waals surface area contributed by atoms with E-state index in [9.17, 15) is 27.9 Å². The van der Waals surface area contributed by atoms with Crippen molar-refractivity contribution in [2.24, 2.45) is 16.6 Å². The molecule has 1 aliphatic heterocycles. The number of aromatic nitrogens is 1. The van der Waals surface area contributed by atoms with E-state index in [-0.39, 0.29) is 41.5 Å². The summed E-state index contributed by atoms with van der Waals surface area (Å²) in [5, 5.41) is 28.4. The highest BCUT2D eigenvalue weighted by Crippen LogP contribution is 2.33. The van der Waals surface area contributed by atoms with Crippen molar-refractivity contribution in [1.29, 1.82) is 5.41 Å². The van der Waals surface area contributed by atoms with Crippen molar-refractivity contribution in [3.05, 3.63) is 40.9 Å². The fraction of sp³-hybridized carbons (Fsp3) is 0.391. The van der Waals surface area contributed by atoms with Crippen LogP contribution in [0.5, 0.6) is 5.75 Å². The molecule has 1 saturated heterocycles. The number of anilines is 1. The van der Waals surface area contributed by atoms with E-state index in [1.54, 1.807) is 12.1 Å². The summed E-state index contributed by atoms with van der Waals surface area (Å²) in [4.78, 5) is 46.5. The lowest BCUT2D eigenvalue weighted by Gasteiger charge is -2.50. The molecule has 11 N–H and O–H groups in total. The molecule has 0 bridgehead atoms. The quantitative estimate of drug-likeness (QED) is 0.0338. The largest absolute Gasteiger partial charge is 0.489 e. The van der Waals surface area contributed by atoms with Crippen LogP contribution in [-0.2, 0) is 33.9 Å². The van der Waals surface area contributed by atoms with E-state index in [0.717, 1.165) is 11.3 Å². The number of oxime groups is 1. The fourth-order valence-corrected chi connectivity index (χ4v) is 4.68. The van der Waals surface area contributed by atoms with Crippen molar-refractivity contribution >= 4 is 56.2 Å².